The first-order valence-electron chi connectivity index (χ1n) is 10.8. The van der Waals surface area contributed by atoms with Crippen LogP contribution in [0, 0.1) is 0 Å². The number of H-pyrrole nitrogens is 1. The highest BCUT2D eigenvalue weighted by atomic mass is 16.4. The Hall–Kier alpha value is -3.97. The molecule has 0 fully saturated rings. The zero-order valence-corrected chi connectivity index (χ0v) is 19.0. The lowest BCUT2D eigenvalue weighted by atomic mass is 10.0. The molecule has 3 amide bonds. The van der Waals surface area contributed by atoms with Crippen molar-refractivity contribution in [1.82, 2.24) is 20.9 Å². The summed E-state index contributed by atoms with van der Waals surface area (Å²) in [5.41, 5.74) is 6.94. The van der Waals surface area contributed by atoms with E-state index in [0.29, 0.717) is 5.56 Å². The van der Waals surface area contributed by atoms with Gasteiger partial charge in [0, 0.05) is 29.9 Å². The Morgan fingerprint density at radius 2 is 1.54 bits per heavy atom. The molecule has 0 aliphatic rings. The Morgan fingerprint density at radius 3 is 2.14 bits per heavy atom. The Labute approximate surface area is 200 Å². The molecule has 1 aromatic heterocycles. The Morgan fingerprint density at radius 1 is 0.943 bits per heavy atom. The summed E-state index contributed by atoms with van der Waals surface area (Å²) in [6.07, 6.45) is 0.863. The summed E-state index contributed by atoms with van der Waals surface area (Å²) in [5.74, 6) is -5.10. The Bertz CT molecular complexity index is 1080. The first-order valence-corrected chi connectivity index (χ1v) is 10.8. The van der Waals surface area contributed by atoms with Gasteiger partial charge in [-0.2, -0.15) is 0 Å². The summed E-state index contributed by atoms with van der Waals surface area (Å²) >= 11 is 0. The van der Waals surface area contributed by atoms with Gasteiger partial charge in [-0.1, -0.05) is 18.2 Å². The van der Waals surface area contributed by atoms with Crippen LogP contribution in [0.5, 0.6) is 0 Å². The van der Waals surface area contributed by atoms with E-state index in [9.17, 15) is 29.1 Å². The van der Waals surface area contributed by atoms with Crippen LogP contribution in [0.25, 0.3) is 10.9 Å². The minimum atomic E-state index is -1.61. The average molecular weight is 492 g/mol. The van der Waals surface area contributed by atoms with Crippen molar-refractivity contribution in [3.8, 4) is 0 Å². The number of hydrogen-bond donors (Lipinski definition) is 8. The van der Waals surface area contributed by atoms with Gasteiger partial charge in [-0.05, 0) is 25.0 Å². The van der Waals surface area contributed by atoms with E-state index in [1.165, 1.54) is 6.92 Å². The molecule has 13 heteroatoms. The van der Waals surface area contributed by atoms with Crippen LogP contribution < -0.4 is 21.7 Å². The van der Waals surface area contributed by atoms with Crippen LogP contribution >= 0.6 is 0 Å². The lowest BCUT2D eigenvalue weighted by Crippen LogP contribution is -2.57. The lowest BCUT2D eigenvalue weighted by Gasteiger charge is -2.24. The molecule has 2 rings (SSSR count). The van der Waals surface area contributed by atoms with Crippen LogP contribution in [-0.2, 0) is 30.4 Å². The van der Waals surface area contributed by atoms with Crippen LogP contribution in [-0.4, -0.2) is 80.7 Å². The maximum atomic E-state index is 13.0. The predicted octanol–water partition coefficient (Wildman–Crippen LogP) is -1.55. The van der Waals surface area contributed by atoms with Crippen molar-refractivity contribution in [2.24, 2.45) is 5.73 Å². The third-order valence-electron chi connectivity index (χ3n) is 5.22. The molecule has 13 nitrogen and oxygen atoms in total. The van der Waals surface area contributed by atoms with E-state index >= 15 is 0 Å². The summed E-state index contributed by atoms with van der Waals surface area (Å²) < 4.78 is 0. The number of nitrogens with one attached hydrogen (secondary N) is 4. The van der Waals surface area contributed by atoms with Crippen molar-refractivity contribution in [2.75, 3.05) is 6.61 Å². The summed E-state index contributed by atoms with van der Waals surface area (Å²) in [5, 5.41) is 35.2. The Balaban J connectivity index is 2.31. The average Bonchev–Trinajstić information content (AvgIpc) is 3.21. The molecule has 0 saturated carbocycles. The minimum Gasteiger partial charge on any atom is -0.481 e. The van der Waals surface area contributed by atoms with Gasteiger partial charge < -0.3 is 42.0 Å². The number of aliphatic hydroxyl groups excluding tert-OH is 1. The van der Waals surface area contributed by atoms with Crippen LogP contribution in [0.15, 0.2) is 30.5 Å². The monoisotopic (exact) mass is 491 g/mol. The third kappa shape index (κ3) is 7.79. The van der Waals surface area contributed by atoms with Gasteiger partial charge in [-0.25, -0.2) is 4.79 Å². The van der Waals surface area contributed by atoms with Crippen LogP contribution in [0.4, 0.5) is 0 Å². The largest absolute Gasteiger partial charge is 0.481 e. The van der Waals surface area contributed by atoms with Gasteiger partial charge in [0.05, 0.1) is 12.6 Å². The summed E-state index contributed by atoms with van der Waals surface area (Å²) in [6.45, 7) is 0.510. The number of carboxylic acids is 2. The molecule has 0 saturated heterocycles. The van der Waals surface area contributed by atoms with Crippen molar-refractivity contribution in [2.45, 2.75) is 50.4 Å². The smallest absolute Gasteiger partial charge is 0.328 e. The fraction of sp³-hybridized carbons (Fsp3) is 0.409. The molecule has 2 aromatic rings. The van der Waals surface area contributed by atoms with Gasteiger partial charge in [-0.3, -0.25) is 19.2 Å². The summed E-state index contributed by atoms with van der Waals surface area (Å²) in [7, 11) is 0. The number of fused-ring (bicyclic) bond motifs is 1. The number of carbonyl (C=O) groups is 5. The highest BCUT2D eigenvalue weighted by Crippen LogP contribution is 2.19. The number of hydrogen-bond acceptors (Lipinski definition) is 7. The molecule has 0 spiro atoms. The number of aromatic nitrogens is 1. The second-order valence-corrected chi connectivity index (χ2v) is 7.99. The van der Waals surface area contributed by atoms with Crippen molar-refractivity contribution in [3.05, 3.63) is 36.0 Å². The van der Waals surface area contributed by atoms with E-state index < -0.39 is 66.9 Å². The first-order chi connectivity index (χ1) is 16.5. The van der Waals surface area contributed by atoms with Crippen molar-refractivity contribution in [1.29, 1.82) is 0 Å². The van der Waals surface area contributed by atoms with E-state index in [-0.39, 0.29) is 12.8 Å². The molecule has 9 N–H and O–H groups in total. The predicted molar refractivity (Wildman–Crippen MR) is 123 cm³/mol. The van der Waals surface area contributed by atoms with Crippen LogP contribution in [0.1, 0.15) is 25.3 Å². The molecule has 4 atom stereocenters. The standard InChI is InChI=1S/C22H29N5O8/c1-11(23)19(31)25-15(6-7-18(29)30)20(32)26-16(21(33)27-17(10-28)22(34)35)8-12-9-24-14-5-3-2-4-13(12)14/h2-5,9,11,15-17,24,28H,6-8,10,23H2,1H3,(H,25,31)(H,26,32)(H,27,33)(H,29,30)(H,34,35). The van der Waals surface area contributed by atoms with E-state index in [1.807, 2.05) is 6.07 Å². The van der Waals surface area contributed by atoms with Crippen LogP contribution in [0.3, 0.4) is 0 Å². The number of nitrogens with two attached hydrogens (primary N) is 1. The second-order valence-electron chi connectivity index (χ2n) is 7.99. The summed E-state index contributed by atoms with van der Waals surface area (Å²) in [4.78, 5) is 63.3. The molecule has 35 heavy (non-hydrogen) atoms. The quantitative estimate of drug-likeness (QED) is 0.162. The number of carboxylic acid groups (broad SMARTS) is 2. The van der Waals surface area contributed by atoms with E-state index in [1.54, 1.807) is 24.4 Å². The number of carbonyl (C=O) groups excluding carboxylic acids is 3. The highest BCUT2D eigenvalue weighted by molar-refractivity contribution is 5.95. The third-order valence-corrected chi connectivity index (χ3v) is 5.22. The fourth-order valence-corrected chi connectivity index (χ4v) is 3.30. The molecular weight excluding hydrogens is 462 g/mol. The molecule has 190 valence electrons. The normalized spacial score (nSPS) is 14.4. The number of aromatic amines is 1. The van der Waals surface area contributed by atoms with Crippen molar-refractivity contribution in [3.63, 3.8) is 0 Å². The van der Waals surface area contributed by atoms with Crippen molar-refractivity contribution < 1.29 is 39.3 Å². The van der Waals surface area contributed by atoms with Gasteiger partial charge in [0.1, 0.15) is 18.1 Å². The second kappa shape index (κ2) is 12.5. The minimum absolute atomic E-state index is 0.0633. The zero-order chi connectivity index (χ0) is 26.1. The van der Waals surface area contributed by atoms with E-state index in [4.69, 9.17) is 15.9 Å². The number of amides is 3. The van der Waals surface area contributed by atoms with E-state index in [0.717, 1.165) is 10.9 Å². The number of benzene rings is 1. The lowest BCUT2D eigenvalue weighted by molar-refractivity contribution is -0.143. The maximum Gasteiger partial charge on any atom is 0.328 e. The Kier molecular flexibility index (Phi) is 9.73. The number of rotatable bonds is 13. The number of aliphatic carboxylic acids is 2. The zero-order valence-electron chi connectivity index (χ0n) is 19.0. The fourth-order valence-electron chi connectivity index (χ4n) is 3.30. The molecule has 4 unspecified atom stereocenters. The molecule has 0 radical (unpaired) electrons. The van der Waals surface area contributed by atoms with Crippen molar-refractivity contribution >= 4 is 40.6 Å². The van der Waals surface area contributed by atoms with Gasteiger partial charge in [0.15, 0.2) is 0 Å². The topological polar surface area (TPSA) is 224 Å². The molecule has 0 bridgehead atoms. The molecule has 1 aromatic carbocycles. The van der Waals surface area contributed by atoms with Gasteiger partial charge in [0.25, 0.3) is 0 Å². The molecule has 1 heterocycles. The molecule has 0 aliphatic heterocycles. The molecule has 0 aliphatic carbocycles. The number of aliphatic hydroxyl groups is 1. The van der Waals surface area contributed by atoms with Gasteiger partial charge >= 0.3 is 11.9 Å². The van der Waals surface area contributed by atoms with Gasteiger partial charge in [0.2, 0.25) is 17.7 Å². The highest BCUT2D eigenvalue weighted by Gasteiger charge is 2.30. The maximum absolute atomic E-state index is 13.0. The first kappa shape index (κ1) is 27.3. The molecular formula is C22H29N5O8. The van der Waals surface area contributed by atoms with Gasteiger partial charge in [-0.15, -0.1) is 0 Å². The number of para-hydroxylation sites is 1. The van der Waals surface area contributed by atoms with Crippen LogP contribution in [0.2, 0.25) is 0 Å². The van der Waals surface area contributed by atoms with E-state index in [2.05, 4.69) is 20.9 Å². The SMILES string of the molecule is CC(N)C(=O)NC(CCC(=O)O)C(=O)NC(Cc1c[nH]c2ccccc12)C(=O)NC(CO)C(=O)O. The summed E-state index contributed by atoms with van der Waals surface area (Å²) in [6, 6.07) is 2.00.